The fourth-order valence-corrected chi connectivity index (χ4v) is 5.61. The summed E-state index contributed by atoms with van der Waals surface area (Å²) in [6.07, 6.45) is 0.771. The second kappa shape index (κ2) is 5.98. The van der Waals surface area contributed by atoms with Gasteiger partial charge in [-0.25, -0.2) is 8.42 Å². The molecule has 2 heterocycles. The minimum atomic E-state index is -3.78. The van der Waals surface area contributed by atoms with Gasteiger partial charge in [0.05, 0.1) is 10.6 Å². The van der Waals surface area contributed by atoms with Crippen molar-refractivity contribution in [3.63, 3.8) is 0 Å². The van der Waals surface area contributed by atoms with E-state index in [9.17, 15) is 18.0 Å². The molecule has 7 nitrogen and oxygen atoms in total. The van der Waals surface area contributed by atoms with Crippen molar-refractivity contribution >= 4 is 38.8 Å². The van der Waals surface area contributed by atoms with Crippen LogP contribution in [0, 0.1) is 0 Å². The van der Waals surface area contributed by atoms with Gasteiger partial charge in [-0.3, -0.25) is 13.9 Å². The van der Waals surface area contributed by atoms with E-state index in [2.05, 4.69) is 0 Å². The predicted octanol–water partition coefficient (Wildman–Crippen LogP) is 1.04. The maximum absolute atomic E-state index is 13.1. The van der Waals surface area contributed by atoms with E-state index in [-0.39, 0.29) is 10.8 Å². The smallest absolute Gasteiger partial charge is 0.265 e. The van der Waals surface area contributed by atoms with E-state index in [1.54, 1.807) is 41.0 Å². The first-order chi connectivity index (χ1) is 12.4. The molecule has 0 spiro atoms. The third-order valence-electron chi connectivity index (χ3n) is 5.10. The summed E-state index contributed by atoms with van der Waals surface area (Å²) >= 11 is 0. The Morgan fingerprint density at radius 2 is 1.73 bits per heavy atom. The zero-order chi connectivity index (χ0) is 18.5. The Balaban J connectivity index is 1.69. The second-order valence-electron chi connectivity index (χ2n) is 6.57. The fraction of sp³-hybridized carbons (Fsp3) is 0.333. The van der Waals surface area contributed by atoms with Crippen molar-refractivity contribution in [2.45, 2.75) is 17.9 Å². The SMILES string of the molecule is C[C@@H](C(=O)N1CCN(C=O)CC1)N1c2cccc3cccc(c23)S1(=O)=O. The lowest BCUT2D eigenvalue weighted by molar-refractivity contribution is -0.135. The molecule has 2 aliphatic rings. The summed E-state index contributed by atoms with van der Waals surface area (Å²) < 4.78 is 27.4. The summed E-state index contributed by atoms with van der Waals surface area (Å²) in [6, 6.07) is 9.73. The van der Waals surface area contributed by atoms with E-state index < -0.39 is 16.1 Å². The van der Waals surface area contributed by atoms with E-state index in [0.717, 1.165) is 11.8 Å². The van der Waals surface area contributed by atoms with Crippen LogP contribution >= 0.6 is 0 Å². The highest BCUT2D eigenvalue weighted by Crippen LogP contribution is 2.43. The van der Waals surface area contributed by atoms with E-state index in [1.807, 2.05) is 12.1 Å². The fourth-order valence-electron chi connectivity index (χ4n) is 3.75. The lowest BCUT2D eigenvalue weighted by atomic mass is 10.1. The highest BCUT2D eigenvalue weighted by atomic mass is 32.2. The molecule has 2 aliphatic heterocycles. The number of nitrogens with zero attached hydrogens (tertiary/aromatic N) is 3. The Hall–Kier alpha value is -2.61. The quantitative estimate of drug-likeness (QED) is 0.753. The van der Waals surface area contributed by atoms with Gasteiger partial charge in [0.15, 0.2) is 0 Å². The molecule has 0 radical (unpaired) electrons. The Kier molecular flexibility index (Phi) is 3.87. The molecular weight excluding hydrogens is 354 g/mol. The Bertz CT molecular complexity index is 991. The Morgan fingerprint density at radius 1 is 1.08 bits per heavy atom. The van der Waals surface area contributed by atoms with Crippen molar-refractivity contribution in [1.29, 1.82) is 0 Å². The number of rotatable bonds is 3. The van der Waals surface area contributed by atoms with Crippen molar-refractivity contribution in [3.05, 3.63) is 36.4 Å². The molecule has 0 aromatic heterocycles. The third-order valence-corrected chi connectivity index (χ3v) is 7.03. The normalized spacial score (nSPS) is 19.7. The molecule has 0 saturated carbocycles. The zero-order valence-electron chi connectivity index (χ0n) is 14.3. The monoisotopic (exact) mass is 373 g/mol. The number of carbonyl (C=O) groups is 2. The molecule has 2 aromatic carbocycles. The van der Waals surface area contributed by atoms with Crippen LogP contribution in [0.3, 0.4) is 0 Å². The van der Waals surface area contributed by atoms with Crippen LogP contribution in [-0.4, -0.2) is 62.8 Å². The molecule has 2 amide bonds. The first kappa shape index (κ1) is 16.8. The first-order valence-corrected chi connectivity index (χ1v) is 9.93. The average molecular weight is 373 g/mol. The van der Waals surface area contributed by atoms with Gasteiger partial charge in [0.25, 0.3) is 10.0 Å². The molecule has 1 fully saturated rings. The number of anilines is 1. The standard InChI is InChI=1S/C18H19N3O4S/c1-13(18(23)20-10-8-19(12-22)9-11-20)21-15-6-2-4-14-5-3-7-16(17(14)15)26(21,24)25/h2-7,12-13H,8-11H2,1H3/t13-/m0/s1. The summed E-state index contributed by atoms with van der Waals surface area (Å²) in [6.45, 7) is 3.37. The number of hydrogen-bond acceptors (Lipinski definition) is 4. The second-order valence-corrected chi connectivity index (χ2v) is 8.36. The zero-order valence-corrected chi connectivity index (χ0v) is 15.1. The summed E-state index contributed by atoms with van der Waals surface area (Å²) in [7, 11) is -3.78. The van der Waals surface area contributed by atoms with E-state index in [1.165, 1.54) is 4.31 Å². The molecular formula is C18H19N3O4S. The summed E-state index contributed by atoms with van der Waals surface area (Å²) in [5.74, 6) is -0.246. The van der Waals surface area contributed by atoms with Gasteiger partial charge in [-0.1, -0.05) is 24.3 Å². The van der Waals surface area contributed by atoms with Gasteiger partial charge in [0.2, 0.25) is 12.3 Å². The molecule has 1 saturated heterocycles. The van der Waals surface area contributed by atoms with Crippen LogP contribution in [0.5, 0.6) is 0 Å². The van der Waals surface area contributed by atoms with Crippen LogP contribution in [0.25, 0.3) is 10.8 Å². The van der Waals surface area contributed by atoms with Crippen molar-refractivity contribution < 1.29 is 18.0 Å². The number of benzene rings is 2. The molecule has 0 N–H and O–H groups in total. The summed E-state index contributed by atoms with van der Waals surface area (Å²) in [4.78, 5) is 27.3. The number of piperazine rings is 1. The molecule has 8 heteroatoms. The maximum atomic E-state index is 13.1. The minimum Gasteiger partial charge on any atom is -0.342 e. The lowest BCUT2D eigenvalue weighted by Crippen LogP contribution is -2.54. The summed E-state index contributed by atoms with van der Waals surface area (Å²) in [5, 5.41) is 1.51. The molecule has 2 aromatic rings. The number of sulfonamides is 1. The van der Waals surface area contributed by atoms with Crippen LogP contribution in [0.15, 0.2) is 41.3 Å². The largest absolute Gasteiger partial charge is 0.342 e. The van der Waals surface area contributed by atoms with Gasteiger partial charge in [-0.05, 0) is 24.4 Å². The molecule has 1 atom stereocenters. The van der Waals surface area contributed by atoms with Gasteiger partial charge >= 0.3 is 0 Å². The molecule has 0 bridgehead atoms. The van der Waals surface area contributed by atoms with Crippen LogP contribution < -0.4 is 4.31 Å². The van der Waals surface area contributed by atoms with Gasteiger partial charge < -0.3 is 9.80 Å². The molecule has 0 unspecified atom stereocenters. The van der Waals surface area contributed by atoms with Gasteiger partial charge in [-0.2, -0.15) is 0 Å². The number of hydrogen-bond donors (Lipinski definition) is 0. The van der Waals surface area contributed by atoms with Crippen molar-refractivity contribution in [1.82, 2.24) is 9.80 Å². The highest BCUT2D eigenvalue weighted by molar-refractivity contribution is 7.93. The first-order valence-electron chi connectivity index (χ1n) is 8.49. The Labute approximate surface area is 151 Å². The molecule has 4 rings (SSSR count). The van der Waals surface area contributed by atoms with E-state index >= 15 is 0 Å². The van der Waals surface area contributed by atoms with Crippen LogP contribution in [0.4, 0.5) is 5.69 Å². The average Bonchev–Trinajstić information content (AvgIpc) is 2.89. The maximum Gasteiger partial charge on any atom is 0.265 e. The molecule has 26 heavy (non-hydrogen) atoms. The van der Waals surface area contributed by atoms with Crippen molar-refractivity contribution in [3.8, 4) is 0 Å². The highest BCUT2D eigenvalue weighted by Gasteiger charge is 2.42. The lowest BCUT2D eigenvalue weighted by Gasteiger charge is -2.36. The van der Waals surface area contributed by atoms with E-state index in [0.29, 0.717) is 37.3 Å². The third kappa shape index (κ3) is 2.36. The molecule has 0 aliphatic carbocycles. The van der Waals surface area contributed by atoms with E-state index in [4.69, 9.17) is 0 Å². The van der Waals surface area contributed by atoms with Gasteiger partial charge in [-0.15, -0.1) is 0 Å². The number of carbonyl (C=O) groups excluding carboxylic acids is 2. The van der Waals surface area contributed by atoms with Gasteiger partial charge in [0, 0.05) is 31.6 Å². The van der Waals surface area contributed by atoms with Crippen LogP contribution in [-0.2, 0) is 19.6 Å². The minimum absolute atomic E-state index is 0.246. The van der Waals surface area contributed by atoms with Gasteiger partial charge in [0.1, 0.15) is 6.04 Å². The van der Waals surface area contributed by atoms with Crippen LogP contribution in [0.2, 0.25) is 0 Å². The summed E-state index contributed by atoms with van der Waals surface area (Å²) in [5.41, 5.74) is 0.547. The topological polar surface area (TPSA) is 78.0 Å². The Morgan fingerprint density at radius 3 is 2.38 bits per heavy atom. The van der Waals surface area contributed by atoms with Crippen molar-refractivity contribution in [2.24, 2.45) is 0 Å². The number of amides is 2. The molecule has 136 valence electrons. The van der Waals surface area contributed by atoms with Crippen LogP contribution in [0.1, 0.15) is 6.92 Å². The van der Waals surface area contributed by atoms with Crippen molar-refractivity contribution in [2.75, 3.05) is 30.5 Å². The predicted molar refractivity (Wildman–Crippen MR) is 97.3 cm³/mol.